The Morgan fingerprint density at radius 2 is 2.19 bits per heavy atom. The first-order valence-corrected chi connectivity index (χ1v) is 5.81. The van der Waals surface area contributed by atoms with Gasteiger partial charge in [0.15, 0.2) is 0 Å². The van der Waals surface area contributed by atoms with E-state index in [0.717, 1.165) is 12.2 Å². The first-order valence-electron chi connectivity index (χ1n) is 5.81. The van der Waals surface area contributed by atoms with Crippen molar-refractivity contribution < 1.29 is 4.79 Å². The molecule has 0 saturated heterocycles. The summed E-state index contributed by atoms with van der Waals surface area (Å²) in [6.45, 7) is 7.56. The lowest BCUT2D eigenvalue weighted by Gasteiger charge is -2.19. The van der Waals surface area contributed by atoms with Crippen LogP contribution in [-0.2, 0) is 17.8 Å². The summed E-state index contributed by atoms with van der Waals surface area (Å²) < 4.78 is 2.03. The molecule has 0 aromatic carbocycles. The first kappa shape index (κ1) is 12.7. The van der Waals surface area contributed by atoms with Gasteiger partial charge in [0.1, 0.15) is 0 Å². The Hall–Kier alpha value is -1.32. The summed E-state index contributed by atoms with van der Waals surface area (Å²) in [6.07, 6.45) is 4.93. The van der Waals surface area contributed by atoms with Gasteiger partial charge < -0.3 is 10.3 Å². The molecule has 0 spiro atoms. The minimum atomic E-state index is -0.307. The summed E-state index contributed by atoms with van der Waals surface area (Å²) >= 11 is 0. The molecule has 0 aliphatic heterocycles. The van der Waals surface area contributed by atoms with Crippen LogP contribution in [0.15, 0.2) is 12.5 Å². The Kier molecular flexibility index (Phi) is 4.52. The Morgan fingerprint density at radius 3 is 2.75 bits per heavy atom. The fourth-order valence-corrected chi connectivity index (χ4v) is 1.73. The van der Waals surface area contributed by atoms with Gasteiger partial charge in [0.05, 0.1) is 12.7 Å². The largest absolute Gasteiger partial charge is 0.369 e. The van der Waals surface area contributed by atoms with Crippen molar-refractivity contribution in [3.05, 3.63) is 18.2 Å². The molecule has 0 aliphatic rings. The highest BCUT2D eigenvalue weighted by Crippen LogP contribution is 2.17. The van der Waals surface area contributed by atoms with Crippen molar-refractivity contribution >= 4 is 5.91 Å². The predicted octanol–water partition coefficient (Wildman–Crippen LogP) is 1.59. The zero-order valence-electron chi connectivity index (χ0n) is 10.3. The van der Waals surface area contributed by atoms with Crippen LogP contribution in [0.1, 0.15) is 32.9 Å². The summed E-state index contributed by atoms with van der Waals surface area (Å²) in [7, 11) is 0. The van der Waals surface area contributed by atoms with Gasteiger partial charge in [0.2, 0.25) is 5.91 Å². The van der Waals surface area contributed by atoms with Crippen molar-refractivity contribution in [3.63, 3.8) is 0 Å². The van der Waals surface area contributed by atoms with Crippen molar-refractivity contribution in [3.8, 4) is 0 Å². The van der Waals surface area contributed by atoms with Gasteiger partial charge >= 0.3 is 0 Å². The molecular formula is C12H21N3O. The van der Waals surface area contributed by atoms with E-state index in [2.05, 4.69) is 25.8 Å². The van der Waals surface area contributed by atoms with Gasteiger partial charge in [-0.15, -0.1) is 0 Å². The summed E-state index contributed by atoms with van der Waals surface area (Å²) in [5.74, 6) is 0.938. The monoisotopic (exact) mass is 223 g/mol. The molecule has 0 fully saturated rings. The topological polar surface area (TPSA) is 60.9 Å². The van der Waals surface area contributed by atoms with Gasteiger partial charge in [-0.3, -0.25) is 4.79 Å². The molecule has 2 atom stereocenters. The van der Waals surface area contributed by atoms with Crippen molar-refractivity contribution in [2.75, 3.05) is 0 Å². The third-order valence-corrected chi connectivity index (χ3v) is 3.25. The molecule has 1 amide bonds. The summed E-state index contributed by atoms with van der Waals surface area (Å²) in [6, 6.07) is 0. The Balaban J connectivity index is 2.66. The van der Waals surface area contributed by atoms with Gasteiger partial charge in [-0.25, -0.2) is 4.98 Å². The molecule has 0 saturated carbocycles. The maximum atomic E-state index is 10.9. The number of carbonyl (C=O) groups is 1. The third kappa shape index (κ3) is 3.36. The molecule has 4 heteroatoms. The molecule has 1 aromatic heterocycles. The van der Waals surface area contributed by atoms with E-state index < -0.39 is 0 Å². The number of hydrogen-bond acceptors (Lipinski definition) is 2. The predicted molar refractivity (Wildman–Crippen MR) is 63.7 cm³/mol. The van der Waals surface area contributed by atoms with Crippen molar-refractivity contribution in [1.29, 1.82) is 0 Å². The van der Waals surface area contributed by atoms with Gasteiger partial charge in [0, 0.05) is 18.4 Å². The summed E-state index contributed by atoms with van der Waals surface area (Å²) in [5.41, 5.74) is 6.09. The Morgan fingerprint density at radius 1 is 1.50 bits per heavy atom. The van der Waals surface area contributed by atoms with E-state index in [1.54, 1.807) is 12.5 Å². The average Bonchev–Trinajstić information content (AvgIpc) is 2.63. The fourth-order valence-electron chi connectivity index (χ4n) is 1.73. The summed E-state index contributed by atoms with van der Waals surface area (Å²) in [4.78, 5) is 14.9. The van der Waals surface area contributed by atoms with Crippen molar-refractivity contribution in [2.24, 2.45) is 17.6 Å². The van der Waals surface area contributed by atoms with E-state index in [0.29, 0.717) is 11.8 Å². The van der Waals surface area contributed by atoms with E-state index in [1.807, 2.05) is 4.57 Å². The quantitative estimate of drug-likeness (QED) is 0.796. The minimum Gasteiger partial charge on any atom is -0.369 e. The van der Waals surface area contributed by atoms with Crippen LogP contribution in [-0.4, -0.2) is 15.5 Å². The SMILES string of the molecule is CCC(C)C(C)Cn1cncc1CC(N)=O. The van der Waals surface area contributed by atoms with E-state index in [1.165, 1.54) is 6.42 Å². The van der Waals surface area contributed by atoms with E-state index in [4.69, 9.17) is 5.73 Å². The number of nitrogens with two attached hydrogens (primary N) is 1. The normalized spacial score (nSPS) is 14.7. The van der Waals surface area contributed by atoms with E-state index >= 15 is 0 Å². The van der Waals surface area contributed by atoms with Gasteiger partial charge in [-0.2, -0.15) is 0 Å². The lowest BCUT2D eigenvalue weighted by molar-refractivity contribution is -0.117. The van der Waals surface area contributed by atoms with E-state index in [9.17, 15) is 4.79 Å². The average molecular weight is 223 g/mol. The number of hydrogen-bond donors (Lipinski definition) is 1. The Bertz CT molecular complexity index is 346. The van der Waals surface area contributed by atoms with Crippen LogP contribution >= 0.6 is 0 Å². The van der Waals surface area contributed by atoms with E-state index in [-0.39, 0.29) is 12.3 Å². The molecule has 90 valence electrons. The minimum absolute atomic E-state index is 0.271. The molecule has 2 N–H and O–H groups in total. The van der Waals surface area contributed by atoms with Crippen LogP contribution < -0.4 is 5.73 Å². The molecule has 0 bridgehead atoms. The lowest BCUT2D eigenvalue weighted by Crippen LogP contribution is -2.19. The van der Waals surface area contributed by atoms with Crippen LogP contribution in [0.2, 0.25) is 0 Å². The van der Waals surface area contributed by atoms with Gasteiger partial charge in [-0.1, -0.05) is 27.2 Å². The molecule has 4 nitrogen and oxygen atoms in total. The van der Waals surface area contributed by atoms with Crippen LogP contribution in [0.3, 0.4) is 0 Å². The number of nitrogens with zero attached hydrogens (tertiary/aromatic N) is 2. The number of carbonyl (C=O) groups excluding carboxylic acids is 1. The van der Waals surface area contributed by atoms with Crippen LogP contribution in [0.4, 0.5) is 0 Å². The molecular weight excluding hydrogens is 202 g/mol. The van der Waals surface area contributed by atoms with Gasteiger partial charge in [-0.05, 0) is 11.8 Å². The molecule has 1 rings (SSSR count). The second kappa shape index (κ2) is 5.68. The standard InChI is InChI=1S/C12H21N3O/c1-4-9(2)10(3)7-15-8-14-6-11(15)5-12(13)16/h6,8-10H,4-5,7H2,1-3H3,(H2,13,16). The molecule has 1 aromatic rings. The maximum Gasteiger partial charge on any atom is 0.223 e. The maximum absolute atomic E-state index is 10.9. The summed E-state index contributed by atoms with van der Waals surface area (Å²) in [5, 5.41) is 0. The number of primary amides is 1. The lowest BCUT2D eigenvalue weighted by atomic mass is 9.93. The van der Waals surface area contributed by atoms with Crippen molar-refractivity contribution in [2.45, 2.75) is 40.2 Å². The highest BCUT2D eigenvalue weighted by atomic mass is 16.1. The Labute approximate surface area is 96.9 Å². The van der Waals surface area contributed by atoms with Crippen LogP contribution in [0.25, 0.3) is 0 Å². The van der Waals surface area contributed by atoms with Crippen molar-refractivity contribution in [1.82, 2.24) is 9.55 Å². The zero-order valence-corrected chi connectivity index (χ0v) is 10.3. The second-order valence-corrected chi connectivity index (χ2v) is 4.54. The smallest absolute Gasteiger partial charge is 0.223 e. The molecule has 2 unspecified atom stereocenters. The molecule has 16 heavy (non-hydrogen) atoms. The van der Waals surface area contributed by atoms with Gasteiger partial charge in [0.25, 0.3) is 0 Å². The molecule has 0 radical (unpaired) electrons. The number of imidazole rings is 1. The highest BCUT2D eigenvalue weighted by molar-refractivity contribution is 5.76. The highest BCUT2D eigenvalue weighted by Gasteiger charge is 2.13. The number of rotatable bonds is 6. The molecule has 1 heterocycles. The number of aromatic nitrogens is 2. The number of amides is 1. The first-order chi connectivity index (χ1) is 7.54. The third-order valence-electron chi connectivity index (χ3n) is 3.25. The fraction of sp³-hybridized carbons (Fsp3) is 0.667. The molecule has 0 aliphatic carbocycles. The second-order valence-electron chi connectivity index (χ2n) is 4.54. The zero-order chi connectivity index (χ0) is 12.1. The van der Waals surface area contributed by atoms with Crippen LogP contribution in [0.5, 0.6) is 0 Å². The van der Waals surface area contributed by atoms with Crippen LogP contribution in [0, 0.1) is 11.8 Å².